The van der Waals surface area contributed by atoms with Gasteiger partial charge in [0.25, 0.3) is 5.91 Å². The summed E-state index contributed by atoms with van der Waals surface area (Å²) in [6.07, 6.45) is 3.57. The van der Waals surface area contributed by atoms with Gasteiger partial charge < -0.3 is 9.64 Å². The molecule has 124 valence electrons. The lowest BCUT2D eigenvalue weighted by Gasteiger charge is -2.11. The minimum atomic E-state index is -0.140. The molecule has 0 aromatic heterocycles. The molecule has 5 nitrogen and oxygen atoms in total. The molecule has 5 heteroatoms. The van der Waals surface area contributed by atoms with Crippen LogP contribution in [0.1, 0.15) is 6.92 Å². The SMILES string of the molecule is CC1=NN(c2ccccc2)C(=O)/C1=C\C=C1\Oc2ccccc2N1C. The molecule has 25 heavy (non-hydrogen) atoms. The highest BCUT2D eigenvalue weighted by molar-refractivity contribution is 6.29. The number of hydrogen-bond donors (Lipinski definition) is 0. The number of hydrazone groups is 1. The number of carbonyl (C=O) groups is 1. The Balaban J connectivity index is 1.61. The second-order valence-electron chi connectivity index (χ2n) is 5.85. The summed E-state index contributed by atoms with van der Waals surface area (Å²) in [4.78, 5) is 14.6. The molecule has 4 rings (SSSR count). The third kappa shape index (κ3) is 2.59. The number of amides is 1. The van der Waals surface area contributed by atoms with Crippen LogP contribution in [-0.2, 0) is 4.79 Å². The Morgan fingerprint density at radius 3 is 2.48 bits per heavy atom. The molecule has 2 aliphatic heterocycles. The average molecular weight is 331 g/mol. The van der Waals surface area contributed by atoms with Crippen molar-refractivity contribution in [3.05, 3.63) is 78.2 Å². The lowest BCUT2D eigenvalue weighted by Crippen LogP contribution is -2.21. The maximum atomic E-state index is 12.7. The van der Waals surface area contributed by atoms with E-state index in [1.165, 1.54) is 5.01 Å². The maximum Gasteiger partial charge on any atom is 0.280 e. The molecule has 0 N–H and O–H groups in total. The lowest BCUT2D eigenvalue weighted by molar-refractivity contribution is -0.114. The number of carbonyl (C=O) groups excluding carboxylic acids is 1. The highest BCUT2D eigenvalue weighted by Crippen LogP contribution is 2.37. The van der Waals surface area contributed by atoms with Crippen molar-refractivity contribution in [3.63, 3.8) is 0 Å². The van der Waals surface area contributed by atoms with Crippen molar-refractivity contribution >= 4 is 23.0 Å². The van der Waals surface area contributed by atoms with Crippen molar-refractivity contribution in [3.8, 4) is 5.75 Å². The largest absolute Gasteiger partial charge is 0.439 e. The summed E-state index contributed by atoms with van der Waals surface area (Å²) in [5.41, 5.74) is 3.00. The molecule has 2 aromatic carbocycles. The minimum absolute atomic E-state index is 0.140. The first-order valence-corrected chi connectivity index (χ1v) is 8.03. The first-order chi connectivity index (χ1) is 12.1. The van der Waals surface area contributed by atoms with Gasteiger partial charge in [-0.25, -0.2) is 0 Å². The maximum absolute atomic E-state index is 12.7. The topological polar surface area (TPSA) is 45.1 Å². The molecule has 0 atom stereocenters. The third-order valence-corrected chi connectivity index (χ3v) is 4.23. The summed E-state index contributed by atoms with van der Waals surface area (Å²) < 4.78 is 5.84. The van der Waals surface area contributed by atoms with Gasteiger partial charge in [0.05, 0.1) is 22.7 Å². The van der Waals surface area contributed by atoms with Crippen molar-refractivity contribution in [2.75, 3.05) is 17.0 Å². The molecule has 0 aliphatic carbocycles. The van der Waals surface area contributed by atoms with Crippen LogP contribution in [0.15, 0.2) is 83.3 Å². The smallest absolute Gasteiger partial charge is 0.280 e. The Bertz CT molecular complexity index is 929. The molecule has 0 spiro atoms. The van der Waals surface area contributed by atoms with E-state index in [2.05, 4.69) is 5.10 Å². The first kappa shape index (κ1) is 15.2. The van der Waals surface area contributed by atoms with E-state index in [1.54, 1.807) is 12.2 Å². The predicted molar refractivity (Wildman–Crippen MR) is 98.7 cm³/mol. The van der Waals surface area contributed by atoms with E-state index in [4.69, 9.17) is 4.74 Å². The molecule has 2 aliphatic rings. The number of rotatable bonds is 2. The number of allylic oxidation sites excluding steroid dienone is 2. The number of anilines is 2. The van der Waals surface area contributed by atoms with E-state index in [0.717, 1.165) is 17.1 Å². The Morgan fingerprint density at radius 1 is 1.00 bits per heavy atom. The number of nitrogens with zero attached hydrogens (tertiary/aromatic N) is 3. The van der Waals surface area contributed by atoms with Crippen LogP contribution in [0.2, 0.25) is 0 Å². The second-order valence-corrected chi connectivity index (χ2v) is 5.85. The van der Waals surface area contributed by atoms with E-state index < -0.39 is 0 Å². The van der Waals surface area contributed by atoms with Crippen molar-refractivity contribution in [2.45, 2.75) is 6.92 Å². The zero-order valence-electron chi connectivity index (χ0n) is 14.0. The molecule has 2 aromatic rings. The van der Waals surface area contributed by atoms with Crippen LogP contribution in [-0.4, -0.2) is 18.7 Å². The van der Waals surface area contributed by atoms with Gasteiger partial charge in [-0.3, -0.25) is 4.79 Å². The van der Waals surface area contributed by atoms with Crippen molar-refractivity contribution in [1.82, 2.24) is 0 Å². The molecule has 2 heterocycles. The van der Waals surface area contributed by atoms with Gasteiger partial charge in [0.1, 0.15) is 0 Å². The van der Waals surface area contributed by atoms with Gasteiger partial charge in [-0.15, -0.1) is 0 Å². The van der Waals surface area contributed by atoms with Gasteiger partial charge in [0.15, 0.2) is 11.6 Å². The van der Waals surface area contributed by atoms with Crippen molar-refractivity contribution < 1.29 is 9.53 Å². The number of hydrogen-bond acceptors (Lipinski definition) is 4. The number of fused-ring (bicyclic) bond motifs is 1. The highest BCUT2D eigenvalue weighted by atomic mass is 16.5. The van der Waals surface area contributed by atoms with Crippen molar-refractivity contribution in [2.24, 2.45) is 5.10 Å². The fourth-order valence-corrected chi connectivity index (χ4v) is 2.88. The van der Waals surface area contributed by atoms with Gasteiger partial charge >= 0.3 is 0 Å². The van der Waals surface area contributed by atoms with Crippen LogP contribution in [0.25, 0.3) is 0 Å². The van der Waals surface area contributed by atoms with Crippen molar-refractivity contribution in [1.29, 1.82) is 0 Å². The Kier molecular flexibility index (Phi) is 3.61. The van der Waals surface area contributed by atoms with E-state index in [1.807, 2.05) is 73.5 Å². The normalized spacial score (nSPS) is 19.4. The number of benzene rings is 2. The molecule has 1 amide bonds. The van der Waals surface area contributed by atoms with Crippen LogP contribution < -0.4 is 14.6 Å². The zero-order chi connectivity index (χ0) is 17.4. The first-order valence-electron chi connectivity index (χ1n) is 8.03. The van der Waals surface area contributed by atoms with Gasteiger partial charge in [-0.05, 0) is 43.3 Å². The van der Waals surface area contributed by atoms with Crippen LogP contribution in [0.3, 0.4) is 0 Å². The quantitative estimate of drug-likeness (QED) is 0.788. The van der Waals surface area contributed by atoms with E-state index in [-0.39, 0.29) is 5.91 Å². The fraction of sp³-hybridized carbons (Fsp3) is 0.100. The molecule has 0 bridgehead atoms. The molecular weight excluding hydrogens is 314 g/mol. The van der Waals surface area contributed by atoms with Crippen LogP contribution in [0, 0.1) is 0 Å². The predicted octanol–water partition coefficient (Wildman–Crippen LogP) is 3.71. The Hall–Kier alpha value is -3.34. The second kappa shape index (κ2) is 5.94. The summed E-state index contributed by atoms with van der Waals surface area (Å²) in [6.45, 7) is 1.83. The molecule has 0 radical (unpaired) electrons. The average Bonchev–Trinajstić information content (AvgIpc) is 3.11. The van der Waals surface area contributed by atoms with E-state index in [9.17, 15) is 4.79 Å². The van der Waals surface area contributed by atoms with Crippen LogP contribution in [0.5, 0.6) is 5.75 Å². The molecular formula is C20H17N3O2. The Morgan fingerprint density at radius 2 is 1.72 bits per heavy atom. The highest BCUT2D eigenvalue weighted by Gasteiger charge is 2.28. The summed E-state index contributed by atoms with van der Waals surface area (Å²) in [5, 5.41) is 5.80. The van der Waals surface area contributed by atoms with E-state index >= 15 is 0 Å². The molecule has 0 unspecified atom stereocenters. The van der Waals surface area contributed by atoms with Crippen LogP contribution in [0.4, 0.5) is 11.4 Å². The van der Waals surface area contributed by atoms with Gasteiger partial charge in [0, 0.05) is 7.05 Å². The monoisotopic (exact) mass is 331 g/mol. The summed E-state index contributed by atoms with van der Waals surface area (Å²) in [7, 11) is 1.93. The molecule has 0 saturated carbocycles. The lowest BCUT2D eigenvalue weighted by atomic mass is 10.1. The van der Waals surface area contributed by atoms with E-state index in [0.29, 0.717) is 17.2 Å². The van der Waals surface area contributed by atoms with Gasteiger partial charge in [-0.1, -0.05) is 30.3 Å². The number of ether oxygens (including phenoxy) is 1. The summed E-state index contributed by atoms with van der Waals surface area (Å²) in [6, 6.07) is 17.2. The standard InChI is InChI=1S/C20H17N3O2/c1-14-16(20(24)23(21-14)15-8-4-3-5-9-15)12-13-19-22(2)17-10-6-7-11-18(17)25-19/h3-13H,1-2H3/b16-12-,19-13+. The third-order valence-electron chi connectivity index (χ3n) is 4.23. The fourth-order valence-electron chi connectivity index (χ4n) is 2.88. The number of para-hydroxylation sites is 3. The Labute approximate surface area is 146 Å². The molecule has 0 fully saturated rings. The minimum Gasteiger partial charge on any atom is -0.439 e. The van der Waals surface area contributed by atoms with Gasteiger partial charge in [-0.2, -0.15) is 10.1 Å². The summed E-state index contributed by atoms with van der Waals surface area (Å²) in [5.74, 6) is 1.34. The molecule has 0 saturated heterocycles. The zero-order valence-corrected chi connectivity index (χ0v) is 14.0. The van der Waals surface area contributed by atoms with Gasteiger partial charge in [0.2, 0.25) is 0 Å². The van der Waals surface area contributed by atoms with Crippen LogP contribution >= 0.6 is 0 Å². The summed E-state index contributed by atoms with van der Waals surface area (Å²) >= 11 is 0.